The molecule has 4 rings (SSSR count). The van der Waals surface area contributed by atoms with E-state index in [9.17, 15) is 4.79 Å². The topological polar surface area (TPSA) is 63.6 Å². The number of rotatable bonds is 1. The Balaban J connectivity index is 2.11. The molecule has 0 aliphatic heterocycles. The molecule has 0 saturated carbocycles. The predicted molar refractivity (Wildman–Crippen MR) is 77.0 cm³/mol. The first-order valence-electron chi connectivity index (χ1n) is 6.25. The lowest BCUT2D eigenvalue weighted by atomic mass is 10.3. The van der Waals surface area contributed by atoms with Gasteiger partial charge in [0.25, 0.3) is 5.56 Å². The normalized spacial score (nSPS) is 11.2. The highest BCUT2D eigenvalue weighted by molar-refractivity contribution is 5.79. The molecule has 5 nitrogen and oxygen atoms in total. The maximum Gasteiger partial charge on any atom is 0.276 e. The molecule has 2 aromatic heterocycles. The third kappa shape index (κ3) is 1.53. The van der Waals surface area contributed by atoms with E-state index in [0.29, 0.717) is 5.95 Å². The van der Waals surface area contributed by atoms with Crippen molar-refractivity contribution in [3.63, 3.8) is 0 Å². The first kappa shape index (κ1) is 10.9. The number of imidazole rings is 1. The second-order valence-electron chi connectivity index (χ2n) is 4.50. The van der Waals surface area contributed by atoms with E-state index in [-0.39, 0.29) is 5.56 Å². The van der Waals surface area contributed by atoms with Crippen molar-refractivity contribution in [3.8, 4) is 5.95 Å². The number of nitrogens with zero attached hydrogens (tertiary/aromatic N) is 3. The van der Waals surface area contributed by atoms with Gasteiger partial charge in [0.2, 0.25) is 5.95 Å². The molecule has 4 aromatic rings. The van der Waals surface area contributed by atoms with Crippen molar-refractivity contribution in [2.24, 2.45) is 0 Å². The summed E-state index contributed by atoms with van der Waals surface area (Å²) in [5.74, 6) is 0.509. The van der Waals surface area contributed by atoms with Gasteiger partial charge in [0, 0.05) is 0 Å². The number of benzene rings is 2. The van der Waals surface area contributed by atoms with E-state index in [1.165, 1.54) is 6.20 Å². The molecule has 0 aliphatic carbocycles. The van der Waals surface area contributed by atoms with Crippen LogP contribution in [0.5, 0.6) is 0 Å². The Hall–Kier alpha value is -2.95. The molecule has 5 heteroatoms. The fourth-order valence-corrected chi connectivity index (χ4v) is 2.33. The first-order valence-corrected chi connectivity index (χ1v) is 6.25. The first-order chi connectivity index (χ1) is 9.83. The molecule has 0 spiro atoms. The van der Waals surface area contributed by atoms with Gasteiger partial charge in [-0.3, -0.25) is 4.79 Å². The Labute approximate surface area is 113 Å². The van der Waals surface area contributed by atoms with Crippen LogP contribution in [-0.4, -0.2) is 19.5 Å². The Morgan fingerprint density at radius 2 is 1.70 bits per heavy atom. The summed E-state index contributed by atoms with van der Waals surface area (Å²) in [6.07, 6.45) is 1.32. The molecule has 96 valence electrons. The van der Waals surface area contributed by atoms with Gasteiger partial charge in [-0.15, -0.1) is 0 Å². The third-order valence-electron chi connectivity index (χ3n) is 3.25. The molecular formula is C15H10N4O. The van der Waals surface area contributed by atoms with Gasteiger partial charge in [0.15, 0.2) is 0 Å². The number of aromatic nitrogens is 4. The zero-order valence-electron chi connectivity index (χ0n) is 10.4. The molecule has 0 atom stereocenters. The van der Waals surface area contributed by atoms with Crippen LogP contribution in [0, 0.1) is 0 Å². The van der Waals surface area contributed by atoms with Gasteiger partial charge in [0.05, 0.1) is 28.3 Å². The number of H-pyrrole nitrogens is 1. The van der Waals surface area contributed by atoms with Gasteiger partial charge in [-0.1, -0.05) is 24.3 Å². The van der Waals surface area contributed by atoms with Crippen LogP contribution in [-0.2, 0) is 0 Å². The molecule has 0 unspecified atom stereocenters. The Bertz CT molecular complexity index is 951. The number of fused-ring (bicyclic) bond motifs is 2. The van der Waals surface area contributed by atoms with E-state index in [0.717, 1.165) is 22.1 Å². The summed E-state index contributed by atoms with van der Waals surface area (Å²) in [7, 11) is 0. The van der Waals surface area contributed by atoms with Crippen molar-refractivity contribution < 1.29 is 0 Å². The molecule has 20 heavy (non-hydrogen) atoms. The van der Waals surface area contributed by atoms with Crippen molar-refractivity contribution in [1.29, 1.82) is 0 Å². The average Bonchev–Trinajstić information content (AvgIpc) is 2.90. The molecular weight excluding hydrogens is 252 g/mol. The number of hydrogen-bond donors (Lipinski definition) is 1. The zero-order chi connectivity index (χ0) is 13.5. The molecule has 2 heterocycles. The monoisotopic (exact) mass is 262 g/mol. The van der Waals surface area contributed by atoms with Crippen molar-refractivity contribution in [2.45, 2.75) is 0 Å². The second kappa shape index (κ2) is 4.03. The van der Waals surface area contributed by atoms with E-state index in [2.05, 4.69) is 15.0 Å². The molecule has 0 aliphatic rings. The average molecular weight is 262 g/mol. The lowest BCUT2D eigenvalue weighted by molar-refractivity contribution is 0.944. The van der Waals surface area contributed by atoms with E-state index in [1.54, 1.807) is 4.57 Å². The van der Waals surface area contributed by atoms with Crippen molar-refractivity contribution in [2.75, 3.05) is 0 Å². The van der Waals surface area contributed by atoms with E-state index in [4.69, 9.17) is 0 Å². The van der Waals surface area contributed by atoms with Gasteiger partial charge in [-0.2, -0.15) is 0 Å². The molecule has 0 radical (unpaired) electrons. The summed E-state index contributed by atoms with van der Waals surface area (Å²) in [5.41, 5.74) is 3.01. The summed E-state index contributed by atoms with van der Waals surface area (Å²) >= 11 is 0. The van der Waals surface area contributed by atoms with Crippen LogP contribution < -0.4 is 5.56 Å². The van der Waals surface area contributed by atoms with E-state index < -0.39 is 0 Å². The SMILES string of the molecule is O=c1cnc2ccccc2n1-c1nc2ccccc2[nH]1. The minimum atomic E-state index is -0.206. The highest BCUT2D eigenvalue weighted by atomic mass is 16.1. The van der Waals surface area contributed by atoms with Crippen molar-refractivity contribution in [1.82, 2.24) is 19.5 Å². The van der Waals surface area contributed by atoms with Gasteiger partial charge >= 0.3 is 0 Å². The molecule has 0 amide bonds. The van der Waals surface area contributed by atoms with Gasteiger partial charge in [-0.05, 0) is 24.3 Å². The number of aromatic amines is 1. The largest absolute Gasteiger partial charge is 0.323 e. The second-order valence-corrected chi connectivity index (χ2v) is 4.50. The summed E-state index contributed by atoms with van der Waals surface area (Å²) < 4.78 is 1.54. The predicted octanol–water partition coefficient (Wildman–Crippen LogP) is 2.26. The van der Waals surface area contributed by atoms with Crippen LogP contribution in [0.3, 0.4) is 0 Å². The molecule has 1 N–H and O–H groups in total. The van der Waals surface area contributed by atoms with Gasteiger partial charge < -0.3 is 4.98 Å². The Kier molecular flexibility index (Phi) is 2.20. The fraction of sp³-hybridized carbons (Fsp3) is 0. The zero-order valence-corrected chi connectivity index (χ0v) is 10.4. The van der Waals surface area contributed by atoms with E-state index >= 15 is 0 Å². The lowest BCUT2D eigenvalue weighted by Crippen LogP contribution is -2.19. The lowest BCUT2D eigenvalue weighted by Gasteiger charge is -2.05. The van der Waals surface area contributed by atoms with Crippen molar-refractivity contribution >= 4 is 22.1 Å². The highest BCUT2D eigenvalue weighted by Crippen LogP contribution is 2.16. The highest BCUT2D eigenvalue weighted by Gasteiger charge is 2.09. The van der Waals surface area contributed by atoms with Crippen LogP contribution in [0.2, 0.25) is 0 Å². The smallest absolute Gasteiger partial charge is 0.276 e. The standard InChI is InChI=1S/C15H10N4O/c20-14-9-16-12-7-3-4-8-13(12)19(14)15-17-10-5-1-2-6-11(10)18-15/h1-9H,(H,17,18). The van der Waals surface area contributed by atoms with E-state index in [1.807, 2.05) is 48.5 Å². The minimum Gasteiger partial charge on any atom is -0.323 e. The summed E-state index contributed by atoms with van der Waals surface area (Å²) in [4.78, 5) is 23.9. The van der Waals surface area contributed by atoms with Crippen molar-refractivity contribution in [3.05, 3.63) is 65.1 Å². The third-order valence-corrected chi connectivity index (χ3v) is 3.25. The van der Waals surface area contributed by atoms with Crippen LogP contribution in [0.4, 0.5) is 0 Å². The summed E-state index contributed by atoms with van der Waals surface area (Å²) in [6.45, 7) is 0. The Morgan fingerprint density at radius 3 is 2.55 bits per heavy atom. The van der Waals surface area contributed by atoms with Crippen LogP contribution in [0.15, 0.2) is 59.5 Å². The summed E-state index contributed by atoms with van der Waals surface area (Å²) in [5, 5.41) is 0. The molecule has 0 saturated heterocycles. The maximum absolute atomic E-state index is 12.2. The van der Waals surface area contributed by atoms with Crippen LogP contribution in [0.25, 0.3) is 28.0 Å². The van der Waals surface area contributed by atoms with Gasteiger partial charge in [0.1, 0.15) is 0 Å². The van der Waals surface area contributed by atoms with Crippen LogP contribution in [0.1, 0.15) is 0 Å². The van der Waals surface area contributed by atoms with Gasteiger partial charge in [-0.25, -0.2) is 14.5 Å². The quantitative estimate of drug-likeness (QED) is 0.572. The molecule has 0 bridgehead atoms. The fourth-order valence-electron chi connectivity index (χ4n) is 2.33. The number of para-hydroxylation sites is 4. The minimum absolute atomic E-state index is 0.206. The molecule has 2 aromatic carbocycles. The number of hydrogen-bond acceptors (Lipinski definition) is 3. The maximum atomic E-state index is 12.2. The Morgan fingerprint density at radius 1 is 0.950 bits per heavy atom. The van der Waals surface area contributed by atoms with Crippen LogP contribution >= 0.6 is 0 Å². The summed E-state index contributed by atoms with van der Waals surface area (Å²) in [6, 6.07) is 15.2. The number of nitrogens with one attached hydrogen (secondary N) is 1. The molecule has 0 fully saturated rings.